The van der Waals surface area contributed by atoms with E-state index in [0.717, 1.165) is 12.0 Å². The summed E-state index contributed by atoms with van der Waals surface area (Å²) in [6.07, 6.45) is 1.13. The molecule has 2 nitrogen and oxygen atoms in total. The Bertz CT molecular complexity index is 345. The monoisotopic (exact) mass is 232 g/mol. The van der Waals surface area contributed by atoms with Gasteiger partial charge in [0.15, 0.2) is 0 Å². The smallest absolute Gasteiger partial charge is 0.0485 e. The van der Waals surface area contributed by atoms with Gasteiger partial charge in [0.2, 0.25) is 0 Å². The maximum atomic E-state index is 5.69. The Labute approximate surface area is 105 Å². The second-order valence-electron chi connectivity index (χ2n) is 4.81. The van der Waals surface area contributed by atoms with E-state index in [9.17, 15) is 0 Å². The molecule has 1 aromatic rings. The highest BCUT2D eigenvalue weighted by atomic mass is 15.2. The predicted molar refractivity (Wildman–Crippen MR) is 74.6 cm³/mol. The first-order valence-corrected chi connectivity index (χ1v) is 6.28. The van der Waals surface area contributed by atoms with Crippen LogP contribution in [0.3, 0.4) is 0 Å². The van der Waals surface area contributed by atoms with Crippen molar-refractivity contribution in [3.63, 3.8) is 0 Å². The molecule has 1 rings (SSSR count). The lowest BCUT2D eigenvalue weighted by atomic mass is 9.78. The average molecular weight is 232 g/mol. The molecule has 0 saturated carbocycles. The summed E-state index contributed by atoms with van der Waals surface area (Å²) in [5, 5.41) is 0. The summed E-state index contributed by atoms with van der Waals surface area (Å²) in [5.41, 5.74) is 5.33. The molecule has 1 aromatic carbocycles. The zero-order valence-corrected chi connectivity index (χ0v) is 11.1. The van der Waals surface area contributed by atoms with Crippen LogP contribution >= 0.6 is 0 Å². The van der Waals surface area contributed by atoms with Crippen molar-refractivity contribution in [3.8, 4) is 0 Å². The number of benzene rings is 1. The fourth-order valence-electron chi connectivity index (χ4n) is 2.33. The summed E-state index contributed by atoms with van der Waals surface area (Å²) in [4.78, 5) is 0. The van der Waals surface area contributed by atoms with Gasteiger partial charge < -0.3 is 0 Å². The number of nitrogens with one attached hydrogen (secondary N) is 1. The molecule has 0 aliphatic rings. The highest BCUT2D eigenvalue weighted by Gasteiger charge is 2.27. The van der Waals surface area contributed by atoms with E-state index in [4.69, 9.17) is 5.84 Å². The van der Waals surface area contributed by atoms with Gasteiger partial charge in [-0.2, -0.15) is 0 Å². The van der Waals surface area contributed by atoms with Crippen molar-refractivity contribution in [2.75, 3.05) is 0 Å². The van der Waals surface area contributed by atoms with Gasteiger partial charge in [-0.05, 0) is 18.4 Å². The molecule has 0 amide bonds. The van der Waals surface area contributed by atoms with Crippen LogP contribution in [0.2, 0.25) is 0 Å². The maximum Gasteiger partial charge on any atom is 0.0485 e. The van der Waals surface area contributed by atoms with Crippen molar-refractivity contribution in [1.29, 1.82) is 0 Å². The molecule has 17 heavy (non-hydrogen) atoms. The summed E-state index contributed by atoms with van der Waals surface area (Å²) in [6, 6.07) is 10.7. The van der Waals surface area contributed by atoms with Gasteiger partial charge in [0.25, 0.3) is 0 Å². The molecule has 2 heteroatoms. The van der Waals surface area contributed by atoms with E-state index in [-0.39, 0.29) is 6.04 Å². The van der Waals surface area contributed by atoms with E-state index in [1.807, 2.05) is 13.0 Å². The Kier molecular flexibility index (Phi) is 5.39. The molecule has 0 bridgehead atoms. The van der Waals surface area contributed by atoms with Gasteiger partial charge in [0.1, 0.15) is 0 Å². The minimum atomic E-state index is 0.132. The highest BCUT2D eigenvalue weighted by molar-refractivity contribution is 5.25. The molecular weight excluding hydrogens is 208 g/mol. The third-order valence-corrected chi connectivity index (χ3v) is 3.51. The van der Waals surface area contributed by atoms with Crippen LogP contribution in [-0.4, -0.2) is 6.04 Å². The lowest BCUT2D eigenvalue weighted by Crippen LogP contribution is -2.42. The first-order valence-electron chi connectivity index (χ1n) is 6.28. The van der Waals surface area contributed by atoms with E-state index < -0.39 is 0 Å². The van der Waals surface area contributed by atoms with Crippen molar-refractivity contribution in [1.82, 2.24) is 5.43 Å². The molecule has 3 atom stereocenters. The van der Waals surface area contributed by atoms with Gasteiger partial charge in [0.05, 0.1) is 0 Å². The Morgan fingerprint density at radius 3 is 2.35 bits per heavy atom. The molecule has 0 aromatic heterocycles. The zero-order valence-electron chi connectivity index (χ0n) is 11.1. The van der Waals surface area contributed by atoms with Crippen molar-refractivity contribution >= 4 is 0 Å². The molecule has 3 unspecified atom stereocenters. The number of hydrogen-bond acceptors (Lipinski definition) is 2. The van der Waals surface area contributed by atoms with Crippen LogP contribution in [0.15, 0.2) is 42.5 Å². The summed E-state index contributed by atoms with van der Waals surface area (Å²) in [6.45, 7) is 10.6. The normalized spacial score (nSPS) is 16.2. The number of hydrogen-bond donors (Lipinski definition) is 2. The summed E-state index contributed by atoms with van der Waals surface area (Å²) in [7, 11) is 0. The van der Waals surface area contributed by atoms with Crippen molar-refractivity contribution < 1.29 is 0 Å². The van der Waals surface area contributed by atoms with E-state index >= 15 is 0 Å². The second kappa shape index (κ2) is 6.58. The van der Waals surface area contributed by atoms with E-state index in [1.165, 1.54) is 5.56 Å². The fourth-order valence-corrected chi connectivity index (χ4v) is 2.33. The SMILES string of the molecule is C=C(C)C(NN)C(c1ccccc1)C(C)CC. The predicted octanol–water partition coefficient (Wildman–Crippen LogP) is 3.22. The molecule has 0 heterocycles. The van der Waals surface area contributed by atoms with Gasteiger partial charge in [-0.1, -0.05) is 62.8 Å². The van der Waals surface area contributed by atoms with Crippen LogP contribution in [0.5, 0.6) is 0 Å². The molecule has 0 spiro atoms. The number of hydrazine groups is 1. The largest absolute Gasteiger partial charge is 0.271 e. The first-order chi connectivity index (χ1) is 8.11. The second-order valence-corrected chi connectivity index (χ2v) is 4.81. The van der Waals surface area contributed by atoms with Gasteiger partial charge in [-0.25, -0.2) is 0 Å². The average Bonchev–Trinajstić information content (AvgIpc) is 2.35. The van der Waals surface area contributed by atoms with Crippen molar-refractivity contribution in [3.05, 3.63) is 48.0 Å². The molecule has 0 radical (unpaired) electrons. The standard InChI is InChI=1S/C15H24N2/c1-5-12(4)14(15(17-16)11(2)3)13-9-7-6-8-10-13/h6-10,12,14-15,17H,2,5,16H2,1,3-4H3. The van der Waals surface area contributed by atoms with Crippen LogP contribution in [0.1, 0.15) is 38.7 Å². The van der Waals surface area contributed by atoms with Crippen LogP contribution in [0.25, 0.3) is 0 Å². The molecule has 0 saturated heterocycles. The van der Waals surface area contributed by atoms with Gasteiger partial charge in [-0.3, -0.25) is 11.3 Å². The van der Waals surface area contributed by atoms with Gasteiger partial charge in [0, 0.05) is 12.0 Å². The van der Waals surface area contributed by atoms with Crippen molar-refractivity contribution in [2.45, 2.75) is 39.2 Å². The first kappa shape index (κ1) is 13.9. The lowest BCUT2D eigenvalue weighted by Gasteiger charge is -2.32. The van der Waals surface area contributed by atoms with Crippen LogP contribution in [0, 0.1) is 5.92 Å². The third-order valence-electron chi connectivity index (χ3n) is 3.51. The molecule has 0 fully saturated rings. The lowest BCUT2D eigenvalue weighted by molar-refractivity contribution is 0.366. The summed E-state index contributed by atoms with van der Waals surface area (Å²) >= 11 is 0. The Morgan fingerprint density at radius 2 is 1.94 bits per heavy atom. The van der Waals surface area contributed by atoms with E-state index in [2.05, 4.69) is 50.1 Å². The summed E-state index contributed by atoms with van der Waals surface area (Å²) < 4.78 is 0. The Balaban J connectivity index is 3.07. The molecular formula is C15H24N2. The van der Waals surface area contributed by atoms with Gasteiger partial charge >= 0.3 is 0 Å². The van der Waals surface area contributed by atoms with E-state index in [1.54, 1.807) is 0 Å². The minimum absolute atomic E-state index is 0.132. The number of rotatable bonds is 6. The Hall–Kier alpha value is -1.12. The molecule has 3 N–H and O–H groups in total. The molecule has 0 aliphatic heterocycles. The minimum Gasteiger partial charge on any atom is -0.271 e. The van der Waals surface area contributed by atoms with Crippen LogP contribution in [0.4, 0.5) is 0 Å². The topological polar surface area (TPSA) is 38.0 Å². The number of nitrogens with two attached hydrogens (primary N) is 1. The third kappa shape index (κ3) is 3.42. The summed E-state index contributed by atoms with van der Waals surface area (Å²) in [5.74, 6) is 6.64. The highest BCUT2D eigenvalue weighted by Crippen LogP contribution is 2.32. The quantitative estimate of drug-likeness (QED) is 0.449. The van der Waals surface area contributed by atoms with Crippen LogP contribution in [-0.2, 0) is 0 Å². The van der Waals surface area contributed by atoms with Gasteiger partial charge in [-0.15, -0.1) is 0 Å². The Morgan fingerprint density at radius 1 is 1.35 bits per heavy atom. The van der Waals surface area contributed by atoms with E-state index in [0.29, 0.717) is 11.8 Å². The maximum absolute atomic E-state index is 5.69. The van der Waals surface area contributed by atoms with Crippen molar-refractivity contribution in [2.24, 2.45) is 11.8 Å². The molecule has 0 aliphatic carbocycles. The zero-order chi connectivity index (χ0) is 12.8. The fraction of sp³-hybridized carbons (Fsp3) is 0.467. The van der Waals surface area contributed by atoms with Crippen LogP contribution < -0.4 is 11.3 Å². The molecule has 94 valence electrons.